The fraction of sp³-hybridized carbons (Fsp3) is 0.320. The van der Waals surface area contributed by atoms with E-state index in [9.17, 15) is 4.79 Å². The molecule has 0 radical (unpaired) electrons. The normalized spacial score (nSPS) is 16.5. The number of rotatable bonds is 7. The molecule has 6 nitrogen and oxygen atoms in total. The first-order valence-corrected chi connectivity index (χ1v) is 10.6. The molecule has 1 aliphatic rings. The number of hydrogen-bond acceptors (Lipinski definition) is 5. The van der Waals surface area contributed by atoms with Gasteiger partial charge in [0.15, 0.2) is 5.76 Å². The van der Waals surface area contributed by atoms with Crippen molar-refractivity contribution in [3.05, 3.63) is 89.4 Å². The summed E-state index contributed by atoms with van der Waals surface area (Å²) >= 11 is 0. The molecule has 2 aromatic carbocycles. The van der Waals surface area contributed by atoms with Crippen molar-refractivity contribution in [3.63, 3.8) is 0 Å². The van der Waals surface area contributed by atoms with Crippen LogP contribution in [0.3, 0.4) is 0 Å². The predicted molar refractivity (Wildman–Crippen MR) is 118 cm³/mol. The summed E-state index contributed by atoms with van der Waals surface area (Å²) in [5.41, 5.74) is 1.96. The number of carbonyl (C=O) groups is 1. The third-order valence-corrected chi connectivity index (χ3v) is 5.71. The first-order valence-electron chi connectivity index (χ1n) is 10.6. The lowest BCUT2D eigenvalue weighted by Crippen LogP contribution is -2.37. The Bertz CT molecular complexity index is 978. The van der Waals surface area contributed by atoms with Crippen molar-refractivity contribution in [3.8, 4) is 5.75 Å². The highest BCUT2D eigenvalue weighted by atomic mass is 16.5. The van der Waals surface area contributed by atoms with Crippen LogP contribution in [0.1, 0.15) is 46.4 Å². The molecule has 162 valence electrons. The molecule has 1 saturated heterocycles. The van der Waals surface area contributed by atoms with Gasteiger partial charge in [0.2, 0.25) is 0 Å². The van der Waals surface area contributed by atoms with E-state index in [0.717, 1.165) is 48.9 Å². The average Bonchev–Trinajstić information content (AvgIpc) is 3.34. The minimum atomic E-state index is -0.301. The molecule has 6 heteroatoms. The molecule has 4 rings (SSSR count). The van der Waals surface area contributed by atoms with E-state index in [-0.39, 0.29) is 18.0 Å². The predicted octanol–water partition coefficient (Wildman–Crippen LogP) is 4.20. The summed E-state index contributed by atoms with van der Waals surface area (Å²) in [5.74, 6) is 1.62. The van der Waals surface area contributed by atoms with Crippen LogP contribution in [-0.4, -0.2) is 44.2 Å². The lowest BCUT2D eigenvalue weighted by atomic mass is 9.98. The number of morpholine rings is 1. The van der Waals surface area contributed by atoms with Gasteiger partial charge in [0.1, 0.15) is 11.5 Å². The van der Waals surface area contributed by atoms with Crippen LogP contribution in [0.5, 0.6) is 5.75 Å². The molecule has 1 aliphatic heterocycles. The molecule has 0 saturated carbocycles. The Labute approximate surface area is 182 Å². The standard InChI is InChI=1S/C25H28N2O4/c1-18(27-14-16-30-17-15-27)22-12-13-23(31-22)25(28)26-24(19-6-4-3-5-7-19)20-8-10-21(29-2)11-9-20/h3-13,18,24H,14-17H2,1-2H3,(H,26,28)/t18-,24+/m1/s1. The van der Waals surface area contributed by atoms with Crippen molar-refractivity contribution in [1.82, 2.24) is 10.2 Å². The number of nitrogens with zero attached hydrogens (tertiary/aromatic N) is 1. The van der Waals surface area contributed by atoms with Gasteiger partial charge in [0.05, 0.1) is 32.4 Å². The van der Waals surface area contributed by atoms with Crippen molar-refractivity contribution < 1.29 is 18.7 Å². The van der Waals surface area contributed by atoms with Gasteiger partial charge in [0.25, 0.3) is 5.91 Å². The zero-order valence-corrected chi connectivity index (χ0v) is 17.9. The number of carbonyl (C=O) groups excluding carboxylic acids is 1. The quantitative estimate of drug-likeness (QED) is 0.621. The molecular weight excluding hydrogens is 392 g/mol. The molecule has 0 spiro atoms. The maximum absolute atomic E-state index is 13.1. The van der Waals surface area contributed by atoms with Gasteiger partial charge < -0.3 is 19.2 Å². The summed E-state index contributed by atoms with van der Waals surface area (Å²) < 4.78 is 16.6. The number of ether oxygens (including phenoxy) is 2. The number of benzene rings is 2. The minimum absolute atomic E-state index is 0.0944. The SMILES string of the molecule is COc1ccc([C@@H](NC(=O)c2ccc([C@@H](C)N3CCOCC3)o2)c2ccccc2)cc1. The number of amides is 1. The first kappa shape index (κ1) is 21.2. The topological polar surface area (TPSA) is 63.9 Å². The van der Waals surface area contributed by atoms with E-state index in [1.165, 1.54) is 0 Å². The van der Waals surface area contributed by atoms with Crippen molar-refractivity contribution in [2.24, 2.45) is 0 Å². The van der Waals surface area contributed by atoms with Crippen LogP contribution in [0, 0.1) is 0 Å². The van der Waals surface area contributed by atoms with Crippen LogP contribution in [0.25, 0.3) is 0 Å². The zero-order valence-electron chi connectivity index (χ0n) is 17.9. The molecule has 3 aromatic rings. The largest absolute Gasteiger partial charge is 0.497 e. The van der Waals surface area contributed by atoms with Crippen LogP contribution >= 0.6 is 0 Å². The number of hydrogen-bond donors (Lipinski definition) is 1. The molecule has 0 bridgehead atoms. The maximum atomic E-state index is 13.1. The van der Waals surface area contributed by atoms with E-state index in [4.69, 9.17) is 13.9 Å². The molecule has 1 fully saturated rings. The highest BCUT2D eigenvalue weighted by Gasteiger charge is 2.24. The van der Waals surface area contributed by atoms with Gasteiger partial charge in [-0.1, -0.05) is 42.5 Å². The molecule has 1 N–H and O–H groups in total. The Morgan fingerprint density at radius 3 is 2.32 bits per heavy atom. The van der Waals surface area contributed by atoms with Crippen LogP contribution < -0.4 is 10.1 Å². The smallest absolute Gasteiger partial charge is 0.287 e. The second kappa shape index (κ2) is 9.81. The Kier molecular flexibility index (Phi) is 6.70. The van der Waals surface area contributed by atoms with E-state index < -0.39 is 0 Å². The summed E-state index contributed by atoms with van der Waals surface area (Å²) in [6, 6.07) is 21.0. The summed E-state index contributed by atoms with van der Waals surface area (Å²) in [6.07, 6.45) is 0. The highest BCUT2D eigenvalue weighted by molar-refractivity contribution is 5.92. The summed E-state index contributed by atoms with van der Waals surface area (Å²) in [6.45, 7) is 5.25. The molecule has 0 aliphatic carbocycles. The zero-order chi connectivity index (χ0) is 21.6. The third-order valence-electron chi connectivity index (χ3n) is 5.71. The van der Waals surface area contributed by atoms with Crippen molar-refractivity contribution in [2.45, 2.75) is 19.0 Å². The van der Waals surface area contributed by atoms with Crippen LogP contribution in [-0.2, 0) is 4.74 Å². The lowest BCUT2D eigenvalue weighted by Gasteiger charge is -2.31. The van der Waals surface area contributed by atoms with E-state index in [0.29, 0.717) is 5.76 Å². The second-order valence-electron chi connectivity index (χ2n) is 7.62. The molecular formula is C25H28N2O4. The number of methoxy groups -OCH3 is 1. The van der Waals surface area contributed by atoms with Crippen LogP contribution in [0.4, 0.5) is 0 Å². The van der Waals surface area contributed by atoms with E-state index >= 15 is 0 Å². The average molecular weight is 421 g/mol. The monoisotopic (exact) mass is 420 g/mol. The van der Waals surface area contributed by atoms with Gasteiger partial charge in [-0.15, -0.1) is 0 Å². The lowest BCUT2D eigenvalue weighted by molar-refractivity contribution is 0.0155. The van der Waals surface area contributed by atoms with Crippen molar-refractivity contribution >= 4 is 5.91 Å². The summed E-state index contributed by atoms with van der Waals surface area (Å²) in [5, 5.41) is 3.13. The van der Waals surface area contributed by atoms with E-state index in [1.54, 1.807) is 13.2 Å². The fourth-order valence-corrected chi connectivity index (χ4v) is 3.85. The Morgan fingerprint density at radius 1 is 0.968 bits per heavy atom. The third kappa shape index (κ3) is 4.98. The molecule has 1 aromatic heterocycles. The van der Waals surface area contributed by atoms with Crippen LogP contribution in [0.15, 0.2) is 71.1 Å². The van der Waals surface area contributed by atoms with Gasteiger partial charge in [0, 0.05) is 13.1 Å². The minimum Gasteiger partial charge on any atom is -0.497 e. The number of nitrogens with one attached hydrogen (secondary N) is 1. The summed E-state index contributed by atoms with van der Waals surface area (Å²) in [7, 11) is 1.64. The van der Waals surface area contributed by atoms with Gasteiger partial charge in [-0.2, -0.15) is 0 Å². The fourth-order valence-electron chi connectivity index (χ4n) is 3.85. The molecule has 31 heavy (non-hydrogen) atoms. The van der Waals surface area contributed by atoms with Crippen LogP contribution in [0.2, 0.25) is 0 Å². The Morgan fingerprint density at radius 2 is 1.65 bits per heavy atom. The van der Waals surface area contributed by atoms with E-state index in [1.807, 2.05) is 60.7 Å². The number of furan rings is 1. The molecule has 2 atom stereocenters. The molecule has 0 unspecified atom stereocenters. The van der Waals surface area contributed by atoms with Gasteiger partial charge >= 0.3 is 0 Å². The molecule has 2 heterocycles. The second-order valence-corrected chi connectivity index (χ2v) is 7.62. The summed E-state index contributed by atoms with van der Waals surface area (Å²) in [4.78, 5) is 15.4. The first-order chi connectivity index (χ1) is 15.2. The Balaban J connectivity index is 1.53. The molecule has 1 amide bonds. The highest BCUT2D eigenvalue weighted by Crippen LogP contribution is 2.26. The van der Waals surface area contributed by atoms with Gasteiger partial charge in [-0.3, -0.25) is 9.69 Å². The van der Waals surface area contributed by atoms with Crippen molar-refractivity contribution in [2.75, 3.05) is 33.4 Å². The van der Waals surface area contributed by atoms with E-state index in [2.05, 4.69) is 17.1 Å². The van der Waals surface area contributed by atoms with Crippen molar-refractivity contribution in [1.29, 1.82) is 0 Å². The Hall–Kier alpha value is -3.09. The van der Waals surface area contributed by atoms with Gasteiger partial charge in [-0.25, -0.2) is 0 Å². The maximum Gasteiger partial charge on any atom is 0.287 e. The van der Waals surface area contributed by atoms with Gasteiger partial charge in [-0.05, 0) is 42.3 Å².